The van der Waals surface area contributed by atoms with Crippen LogP contribution < -0.4 is 5.32 Å². The van der Waals surface area contributed by atoms with E-state index in [4.69, 9.17) is 5.11 Å². The molecule has 0 spiro atoms. The van der Waals surface area contributed by atoms with Crippen LogP contribution in [-0.4, -0.2) is 45.1 Å². The lowest BCUT2D eigenvalue weighted by Crippen LogP contribution is -2.43. The van der Waals surface area contributed by atoms with Gasteiger partial charge in [-0.05, 0) is 12.8 Å². The Hall–Kier alpha value is -2.18. The standard InChI is InChI=1S/C11H14N4O3/c16-10(14-9-6-12-3-4-13-9)8-2-1-5-15(7-8)11(17)18/h3-4,6,8H,1-2,5,7H2,(H,17,18)(H,13,14,16). The van der Waals surface area contributed by atoms with Gasteiger partial charge in [-0.15, -0.1) is 0 Å². The molecule has 2 rings (SSSR count). The highest BCUT2D eigenvalue weighted by molar-refractivity contribution is 5.92. The normalized spacial score (nSPS) is 19.3. The number of aromatic nitrogens is 2. The topological polar surface area (TPSA) is 95.4 Å². The van der Waals surface area contributed by atoms with E-state index in [0.29, 0.717) is 25.2 Å². The van der Waals surface area contributed by atoms with E-state index in [1.54, 1.807) is 0 Å². The zero-order chi connectivity index (χ0) is 13.0. The Morgan fingerprint density at radius 1 is 1.44 bits per heavy atom. The van der Waals surface area contributed by atoms with Crippen LogP contribution in [0.3, 0.4) is 0 Å². The molecular weight excluding hydrogens is 236 g/mol. The van der Waals surface area contributed by atoms with Gasteiger partial charge in [0.1, 0.15) is 0 Å². The number of anilines is 1. The number of hydrogen-bond donors (Lipinski definition) is 2. The molecule has 1 saturated heterocycles. The van der Waals surface area contributed by atoms with Gasteiger partial charge in [0.15, 0.2) is 5.82 Å². The number of rotatable bonds is 2. The Bertz CT molecular complexity index is 437. The number of piperidine rings is 1. The SMILES string of the molecule is O=C(Nc1cnccn1)C1CCCN(C(=O)O)C1. The van der Waals surface area contributed by atoms with Crippen molar-refractivity contribution < 1.29 is 14.7 Å². The summed E-state index contributed by atoms with van der Waals surface area (Å²) in [6.45, 7) is 0.728. The molecule has 1 aliphatic rings. The summed E-state index contributed by atoms with van der Waals surface area (Å²) in [6, 6.07) is 0. The van der Waals surface area contributed by atoms with Crippen LogP contribution in [0.2, 0.25) is 0 Å². The molecule has 1 aliphatic heterocycles. The van der Waals surface area contributed by atoms with Gasteiger partial charge in [-0.3, -0.25) is 9.78 Å². The number of carboxylic acid groups (broad SMARTS) is 1. The average molecular weight is 250 g/mol. The van der Waals surface area contributed by atoms with Crippen molar-refractivity contribution in [3.8, 4) is 0 Å². The Kier molecular flexibility index (Phi) is 3.71. The number of amides is 2. The molecule has 7 heteroatoms. The van der Waals surface area contributed by atoms with Crippen molar-refractivity contribution >= 4 is 17.8 Å². The molecule has 0 radical (unpaired) electrons. The summed E-state index contributed by atoms with van der Waals surface area (Å²) in [7, 11) is 0. The second kappa shape index (κ2) is 5.44. The maximum Gasteiger partial charge on any atom is 0.407 e. The van der Waals surface area contributed by atoms with Crippen molar-refractivity contribution in [3.63, 3.8) is 0 Å². The maximum atomic E-state index is 11.9. The molecule has 1 unspecified atom stereocenters. The molecule has 0 bridgehead atoms. The Morgan fingerprint density at radius 3 is 2.94 bits per heavy atom. The van der Waals surface area contributed by atoms with E-state index < -0.39 is 6.09 Å². The molecule has 1 aromatic rings. The molecule has 2 N–H and O–H groups in total. The van der Waals surface area contributed by atoms with E-state index in [9.17, 15) is 9.59 Å². The maximum absolute atomic E-state index is 11.9. The molecule has 2 heterocycles. The van der Waals surface area contributed by atoms with E-state index in [1.807, 2.05) is 0 Å². The fraction of sp³-hybridized carbons (Fsp3) is 0.455. The first-order chi connectivity index (χ1) is 8.66. The van der Waals surface area contributed by atoms with Crippen LogP contribution in [0.4, 0.5) is 10.6 Å². The molecular formula is C11H14N4O3. The molecule has 7 nitrogen and oxygen atoms in total. The zero-order valence-electron chi connectivity index (χ0n) is 9.74. The third-order valence-corrected chi connectivity index (χ3v) is 2.88. The molecule has 0 aromatic carbocycles. The molecule has 0 aliphatic carbocycles. The van der Waals surface area contributed by atoms with Gasteiger partial charge in [0.2, 0.25) is 5.91 Å². The van der Waals surface area contributed by atoms with Crippen LogP contribution >= 0.6 is 0 Å². The minimum Gasteiger partial charge on any atom is -0.465 e. The van der Waals surface area contributed by atoms with Gasteiger partial charge in [0.25, 0.3) is 0 Å². The van der Waals surface area contributed by atoms with Crippen molar-refractivity contribution in [2.45, 2.75) is 12.8 Å². The molecule has 18 heavy (non-hydrogen) atoms. The largest absolute Gasteiger partial charge is 0.465 e. The van der Waals surface area contributed by atoms with E-state index in [-0.39, 0.29) is 18.4 Å². The van der Waals surface area contributed by atoms with E-state index in [0.717, 1.165) is 0 Å². The van der Waals surface area contributed by atoms with Crippen LogP contribution in [0, 0.1) is 5.92 Å². The second-order valence-corrected chi connectivity index (χ2v) is 4.15. The lowest BCUT2D eigenvalue weighted by Gasteiger charge is -2.29. The highest BCUT2D eigenvalue weighted by atomic mass is 16.4. The van der Waals surface area contributed by atoms with Crippen LogP contribution in [0.25, 0.3) is 0 Å². The fourth-order valence-corrected chi connectivity index (χ4v) is 1.96. The van der Waals surface area contributed by atoms with Gasteiger partial charge in [-0.25, -0.2) is 9.78 Å². The summed E-state index contributed by atoms with van der Waals surface area (Å²) in [5.41, 5.74) is 0. The third-order valence-electron chi connectivity index (χ3n) is 2.88. The lowest BCUT2D eigenvalue weighted by atomic mass is 9.97. The predicted molar refractivity (Wildman–Crippen MR) is 63.0 cm³/mol. The van der Waals surface area contributed by atoms with Gasteiger partial charge in [0.05, 0.1) is 12.1 Å². The first-order valence-corrected chi connectivity index (χ1v) is 5.71. The van der Waals surface area contributed by atoms with Gasteiger partial charge in [-0.1, -0.05) is 0 Å². The van der Waals surface area contributed by atoms with Gasteiger partial charge in [-0.2, -0.15) is 0 Å². The molecule has 2 amide bonds. The Morgan fingerprint density at radius 2 is 2.28 bits per heavy atom. The monoisotopic (exact) mass is 250 g/mol. The molecule has 1 fully saturated rings. The van der Waals surface area contributed by atoms with Gasteiger partial charge in [0, 0.05) is 25.5 Å². The zero-order valence-corrected chi connectivity index (χ0v) is 9.74. The summed E-state index contributed by atoms with van der Waals surface area (Å²) < 4.78 is 0. The van der Waals surface area contributed by atoms with Crippen LogP contribution in [0.1, 0.15) is 12.8 Å². The smallest absolute Gasteiger partial charge is 0.407 e. The second-order valence-electron chi connectivity index (χ2n) is 4.15. The summed E-state index contributed by atoms with van der Waals surface area (Å²) in [6.07, 6.45) is 4.87. The summed E-state index contributed by atoms with van der Waals surface area (Å²) in [5, 5.41) is 11.5. The first-order valence-electron chi connectivity index (χ1n) is 5.71. The van der Waals surface area contributed by atoms with Gasteiger partial charge < -0.3 is 15.3 Å². The summed E-state index contributed by atoms with van der Waals surface area (Å²) in [4.78, 5) is 31.8. The van der Waals surface area contributed by atoms with Crippen molar-refractivity contribution in [2.24, 2.45) is 5.92 Å². The number of carbonyl (C=O) groups excluding carboxylic acids is 1. The van der Waals surface area contributed by atoms with Crippen molar-refractivity contribution in [1.29, 1.82) is 0 Å². The molecule has 1 atom stereocenters. The van der Waals surface area contributed by atoms with E-state index in [1.165, 1.54) is 23.5 Å². The number of carbonyl (C=O) groups is 2. The molecule has 0 saturated carbocycles. The Balaban J connectivity index is 1.95. The summed E-state index contributed by atoms with van der Waals surface area (Å²) in [5.74, 6) is -0.145. The molecule has 96 valence electrons. The van der Waals surface area contributed by atoms with E-state index >= 15 is 0 Å². The highest BCUT2D eigenvalue weighted by Crippen LogP contribution is 2.18. The van der Waals surface area contributed by atoms with Crippen LogP contribution in [0.5, 0.6) is 0 Å². The minimum atomic E-state index is -0.980. The summed E-state index contributed by atoms with van der Waals surface area (Å²) >= 11 is 0. The minimum absolute atomic E-state index is 0.207. The van der Waals surface area contributed by atoms with Crippen molar-refractivity contribution in [1.82, 2.24) is 14.9 Å². The van der Waals surface area contributed by atoms with Gasteiger partial charge >= 0.3 is 6.09 Å². The van der Waals surface area contributed by atoms with Crippen molar-refractivity contribution in [3.05, 3.63) is 18.6 Å². The predicted octanol–water partition coefficient (Wildman–Crippen LogP) is 0.805. The fourth-order valence-electron chi connectivity index (χ4n) is 1.96. The van der Waals surface area contributed by atoms with Crippen molar-refractivity contribution in [2.75, 3.05) is 18.4 Å². The van der Waals surface area contributed by atoms with Crippen LogP contribution in [0.15, 0.2) is 18.6 Å². The average Bonchev–Trinajstić information content (AvgIpc) is 2.40. The Labute approximate surface area is 104 Å². The number of hydrogen-bond acceptors (Lipinski definition) is 4. The first kappa shape index (κ1) is 12.3. The number of likely N-dealkylation sites (tertiary alicyclic amines) is 1. The quantitative estimate of drug-likeness (QED) is 0.809. The highest BCUT2D eigenvalue weighted by Gasteiger charge is 2.28. The van der Waals surface area contributed by atoms with E-state index in [2.05, 4.69) is 15.3 Å². The number of nitrogens with one attached hydrogen (secondary N) is 1. The van der Waals surface area contributed by atoms with Crippen LogP contribution in [-0.2, 0) is 4.79 Å². The number of nitrogens with zero attached hydrogens (tertiary/aromatic N) is 3. The third kappa shape index (κ3) is 2.93. The lowest BCUT2D eigenvalue weighted by molar-refractivity contribution is -0.121. The molecule has 1 aromatic heterocycles.